The lowest BCUT2D eigenvalue weighted by Crippen LogP contribution is -2.39. The van der Waals surface area contributed by atoms with Crippen molar-refractivity contribution in [3.8, 4) is 11.8 Å². The van der Waals surface area contributed by atoms with E-state index in [0.29, 0.717) is 32.4 Å². The van der Waals surface area contributed by atoms with Crippen molar-refractivity contribution in [2.45, 2.75) is 70.8 Å². The van der Waals surface area contributed by atoms with Crippen LogP contribution < -0.4 is 10.1 Å². The number of rotatable bonds is 9. The Labute approximate surface area is 179 Å². The predicted molar refractivity (Wildman–Crippen MR) is 116 cm³/mol. The molecule has 1 aromatic carbocycles. The Morgan fingerprint density at radius 1 is 1.30 bits per heavy atom. The highest BCUT2D eigenvalue weighted by Crippen LogP contribution is 2.44. The van der Waals surface area contributed by atoms with Gasteiger partial charge in [0, 0.05) is 29.6 Å². The SMILES string of the molecule is COc1ccccc1C1(CNC(=O)CCc2c(C)nn(CCC#N)c2C)CCCC1. The summed E-state index contributed by atoms with van der Waals surface area (Å²) in [6, 6.07) is 10.3. The smallest absolute Gasteiger partial charge is 0.220 e. The van der Waals surface area contributed by atoms with Gasteiger partial charge >= 0.3 is 0 Å². The Hall–Kier alpha value is -2.81. The summed E-state index contributed by atoms with van der Waals surface area (Å²) in [6.45, 7) is 5.22. The Morgan fingerprint density at radius 3 is 2.73 bits per heavy atom. The number of nitriles is 1. The van der Waals surface area contributed by atoms with Crippen LogP contribution in [0.4, 0.5) is 0 Å². The molecule has 0 unspecified atom stereocenters. The summed E-state index contributed by atoms with van der Waals surface area (Å²) in [5.74, 6) is 0.976. The number of aromatic nitrogens is 2. The molecule has 1 heterocycles. The molecule has 1 aliphatic carbocycles. The summed E-state index contributed by atoms with van der Waals surface area (Å²) in [6.07, 6.45) is 6.02. The van der Waals surface area contributed by atoms with Crippen molar-refractivity contribution >= 4 is 5.91 Å². The minimum absolute atomic E-state index is 0.0454. The lowest BCUT2D eigenvalue weighted by atomic mass is 9.78. The van der Waals surface area contributed by atoms with E-state index in [2.05, 4.69) is 28.6 Å². The minimum Gasteiger partial charge on any atom is -0.496 e. The maximum atomic E-state index is 12.7. The van der Waals surface area contributed by atoms with Gasteiger partial charge in [-0.05, 0) is 44.7 Å². The molecule has 160 valence electrons. The van der Waals surface area contributed by atoms with E-state index < -0.39 is 0 Å². The maximum absolute atomic E-state index is 12.7. The van der Waals surface area contributed by atoms with Gasteiger partial charge in [-0.1, -0.05) is 31.0 Å². The predicted octanol–water partition coefficient (Wildman–Crippen LogP) is 3.98. The number of hydrogen-bond donors (Lipinski definition) is 1. The maximum Gasteiger partial charge on any atom is 0.220 e. The third kappa shape index (κ3) is 4.67. The van der Waals surface area contributed by atoms with Crippen LogP contribution in [0.1, 0.15) is 61.0 Å². The number of benzene rings is 1. The highest BCUT2D eigenvalue weighted by atomic mass is 16.5. The number of para-hydroxylation sites is 1. The number of amides is 1. The second-order valence-corrected chi connectivity index (χ2v) is 8.25. The molecular weight excluding hydrogens is 376 g/mol. The van der Waals surface area contributed by atoms with E-state index in [0.717, 1.165) is 35.5 Å². The van der Waals surface area contributed by atoms with Gasteiger partial charge in [0.2, 0.25) is 5.91 Å². The van der Waals surface area contributed by atoms with Gasteiger partial charge in [0.1, 0.15) is 5.75 Å². The molecule has 3 rings (SSSR count). The molecule has 0 aliphatic heterocycles. The van der Waals surface area contributed by atoms with Crippen LogP contribution >= 0.6 is 0 Å². The van der Waals surface area contributed by atoms with Crippen LogP contribution in [0, 0.1) is 25.2 Å². The Balaban J connectivity index is 1.63. The van der Waals surface area contributed by atoms with E-state index >= 15 is 0 Å². The molecule has 30 heavy (non-hydrogen) atoms. The molecule has 0 saturated heterocycles. The van der Waals surface area contributed by atoms with Crippen molar-refractivity contribution in [2.24, 2.45) is 0 Å². The molecule has 1 fully saturated rings. The van der Waals surface area contributed by atoms with Crippen LogP contribution in [-0.2, 0) is 23.2 Å². The monoisotopic (exact) mass is 408 g/mol. The van der Waals surface area contributed by atoms with Crippen LogP contribution in [-0.4, -0.2) is 29.3 Å². The van der Waals surface area contributed by atoms with Gasteiger partial charge in [0.25, 0.3) is 0 Å². The molecule has 2 aromatic rings. The molecule has 1 saturated carbocycles. The quantitative estimate of drug-likeness (QED) is 0.680. The topological polar surface area (TPSA) is 79.9 Å². The third-order valence-corrected chi connectivity index (χ3v) is 6.43. The number of ether oxygens (including phenoxy) is 1. The number of aryl methyl sites for hydroxylation is 2. The zero-order chi connectivity index (χ0) is 21.6. The first kappa shape index (κ1) is 21.9. The Kier molecular flexibility index (Phi) is 7.15. The van der Waals surface area contributed by atoms with Crippen LogP contribution in [0.25, 0.3) is 0 Å². The first-order valence-corrected chi connectivity index (χ1v) is 10.8. The van der Waals surface area contributed by atoms with Crippen molar-refractivity contribution in [3.05, 3.63) is 46.8 Å². The van der Waals surface area contributed by atoms with E-state index in [1.54, 1.807) is 7.11 Å². The van der Waals surface area contributed by atoms with E-state index in [1.165, 1.54) is 18.4 Å². The number of carbonyl (C=O) groups excluding carboxylic acids is 1. The van der Waals surface area contributed by atoms with Crippen molar-refractivity contribution in [3.63, 3.8) is 0 Å². The molecule has 1 N–H and O–H groups in total. The summed E-state index contributed by atoms with van der Waals surface area (Å²) >= 11 is 0. The molecule has 0 atom stereocenters. The molecule has 1 amide bonds. The van der Waals surface area contributed by atoms with E-state index in [4.69, 9.17) is 10.00 Å². The first-order valence-electron chi connectivity index (χ1n) is 10.8. The third-order valence-electron chi connectivity index (χ3n) is 6.43. The molecule has 6 heteroatoms. The largest absolute Gasteiger partial charge is 0.496 e. The summed E-state index contributed by atoms with van der Waals surface area (Å²) in [5, 5.41) is 16.5. The summed E-state index contributed by atoms with van der Waals surface area (Å²) in [5.41, 5.74) is 4.27. The van der Waals surface area contributed by atoms with Crippen molar-refractivity contribution < 1.29 is 9.53 Å². The number of hydrogen-bond acceptors (Lipinski definition) is 4. The van der Waals surface area contributed by atoms with E-state index in [9.17, 15) is 4.79 Å². The van der Waals surface area contributed by atoms with Crippen LogP contribution in [0.3, 0.4) is 0 Å². The molecule has 0 bridgehead atoms. The molecule has 6 nitrogen and oxygen atoms in total. The average molecular weight is 409 g/mol. The van der Waals surface area contributed by atoms with E-state index in [1.807, 2.05) is 30.7 Å². The summed E-state index contributed by atoms with van der Waals surface area (Å²) < 4.78 is 7.49. The Bertz CT molecular complexity index is 920. The zero-order valence-corrected chi connectivity index (χ0v) is 18.3. The average Bonchev–Trinajstić information content (AvgIpc) is 3.34. The van der Waals surface area contributed by atoms with Crippen molar-refractivity contribution in [1.29, 1.82) is 5.26 Å². The van der Waals surface area contributed by atoms with Gasteiger partial charge in [0.15, 0.2) is 0 Å². The second-order valence-electron chi connectivity index (χ2n) is 8.25. The standard InChI is InChI=1S/C24H32N4O2/c1-18-20(19(2)28(27-18)16-8-15-25)11-12-23(29)26-17-24(13-6-7-14-24)21-9-4-5-10-22(21)30-3/h4-5,9-10H,6-8,11-14,16-17H2,1-3H3,(H,26,29). The Morgan fingerprint density at radius 2 is 2.03 bits per heavy atom. The molecule has 0 radical (unpaired) electrons. The van der Waals surface area contributed by atoms with Crippen LogP contribution in [0.5, 0.6) is 5.75 Å². The van der Waals surface area contributed by atoms with Gasteiger partial charge in [-0.2, -0.15) is 10.4 Å². The normalized spacial score (nSPS) is 15.0. The molecule has 1 aliphatic rings. The summed E-state index contributed by atoms with van der Waals surface area (Å²) in [7, 11) is 1.71. The second kappa shape index (κ2) is 9.80. The van der Waals surface area contributed by atoms with Gasteiger partial charge in [-0.15, -0.1) is 0 Å². The van der Waals surface area contributed by atoms with Crippen LogP contribution in [0.15, 0.2) is 24.3 Å². The highest BCUT2D eigenvalue weighted by molar-refractivity contribution is 5.76. The fraction of sp³-hybridized carbons (Fsp3) is 0.542. The van der Waals surface area contributed by atoms with Crippen molar-refractivity contribution in [2.75, 3.05) is 13.7 Å². The minimum atomic E-state index is -0.0454. The van der Waals surface area contributed by atoms with Gasteiger partial charge in [-0.3, -0.25) is 9.48 Å². The molecular formula is C24H32N4O2. The molecule has 0 spiro atoms. The fourth-order valence-corrected chi connectivity index (χ4v) is 4.74. The zero-order valence-electron chi connectivity index (χ0n) is 18.3. The lowest BCUT2D eigenvalue weighted by molar-refractivity contribution is -0.121. The first-order chi connectivity index (χ1) is 14.5. The van der Waals surface area contributed by atoms with E-state index in [-0.39, 0.29) is 11.3 Å². The van der Waals surface area contributed by atoms with Crippen molar-refractivity contribution in [1.82, 2.24) is 15.1 Å². The van der Waals surface area contributed by atoms with Crippen LogP contribution in [0.2, 0.25) is 0 Å². The highest BCUT2D eigenvalue weighted by Gasteiger charge is 2.37. The van der Waals surface area contributed by atoms with Gasteiger partial charge < -0.3 is 10.1 Å². The number of methoxy groups -OCH3 is 1. The fourth-order valence-electron chi connectivity index (χ4n) is 4.74. The van der Waals surface area contributed by atoms with Gasteiger partial charge in [0.05, 0.1) is 31.8 Å². The number of carbonyl (C=O) groups is 1. The molecule has 1 aromatic heterocycles. The number of nitrogens with one attached hydrogen (secondary N) is 1. The van der Waals surface area contributed by atoms with Gasteiger partial charge in [-0.25, -0.2) is 0 Å². The summed E-state index contributed by atoms with van der Waals surface area (Å²) in [4.78, 5) is 12.7. The number of nitrogens with zero attached hydrogens (tertiary/aromatic N) is 3. The lowest BCUT2D eigenvalue weighted by Gasteiger charge is -2.31.